The summed E-state index contributed by atoms with van der Waals surface area (Å²) in [6.45, 7) is 10.0. The molecule has 1 rings (SSSR count). The van der Waals surface area contributed by atoms with Crippen LogP contribution >= 0.6 is 0 Å². The van der Waals surface area contributed by atoms with Crippen molar-refractivity contribution in [2.75, 3.05) is 24.5 Å². The number of nitrogens with one attached hydrogen (secondary N) is 1. The summed E-state index contributed by atoms with van der Waals surface area (Å²) in [5.41, 5.74) is 1.33. The third-order valence-corrected chi connectivity index (χ3v) is 3.26. The number of para-hydroxylation sites is 1. The molecular formula is C16H28N2. The molecule has 2 nitrogen and oxygen atoms in total. The summed E-state index contributed by atoms with van der Waals surface area (Å²) in [4.78, 5) is 2.46. The number of rotatable bonds is 9. The lowest BCUT2D eigenvalue weighted by Gasteiger charge is -2.29. The predicted octanol–water partition coefficient (Wildman–Crippen LogP) is 3.68. The van der Waals surface area contributed by atoms with E-state index >= 15 is 0 Å². The van der Waals surface area contributed by atoms with Gasteiger partial charge < -0.3 is 10.2 Å². The Morgan fingerprint density at radius 1 is 1.06 bits per heavy atom. The highest BCUT2D eigenvalue weighted by atomic mass is 15.1. The Morgan fingerprint density at radius 2 is 1.78 bits per heavy atom. The fraction of sp³-hybridized carbons (Fsp3) is 0.625. The molecule has 0 saturated carbocycles. The molecule has 1 atom stereocenters. The van der Waals surface area contributed by atoms with Crippen molar-refractivity contribution in [2.24, 2.45) is 0 Å². The van der Waals surface area contributed by atoms with Crippen LogP contribution in [0.2, 0.25) is 0 Å². The van der Waals surface area contributed by atoms with Crippen molar-refractivity contribution in [1.82, 2.24) is 5.32 Å². The first-order valence-electron chi connectivity index (χ1n) is 7.35. The third kappa shape index (κ3) is 5.09. The van der Waals surface area contributed by atoms with Crippen molar-refractivity contribution < 1.29 is 0 Å². The summed E-state index contributed by atoms with van der Waals surface area (Å²) >= 11 is 0. The van der Waals surface area contributed by atoms with E-state index in [1.165, 1.54) is 24.9 Å². The van der Waals surface area contributed by atoms with E-state index in [9.17, 15) is 0 Å². The van der Waals surface area contributed by atoms with Gasteiger partial charge in [-0.05, 0) is 38.4 Å². The maximum absolute atomic E-state index is 3.66. The van der Waals surface area contributed by atoms with Crippen LogP contribution in [0.5, 0.6) is 0 Å². The van der Waals surface area contributed by atoms with E-state index in [0.29, 0.717) is 6.04 Å². The second-order valence-corrected chi connectivity index (χ2v) is 4.81. The van der Waals surface area contributed by atoms with Crippen LogP contribution in [0, 0.1) is 0 Å². The number of likely N-dealkylation sites (N-methyl/N-ethyl adjacent to an activating group) is 1. The fourth-order valence-corrected chi connectivity index (χ4v) is 2.28. The van der Waals surface area contributed by atoms with Crippen molar-refractivity contribution in [3.63, 3.8) is 0 Å². The van der Waals surface area contributed by atoms with E-state index in [0.717, 1.165) is 19.6 Å². The zero-order valence-corrected chi connectivity index (χ0v) is 12.2. The Kier molecular flexibility index (Phi) is 7.51. The second kappa shape index (κ2) is 8.98. The number of hydrogen-bond donors (Lipinski definition) is 1. The molecule has 0 fully saturated rings. The maximum Gasteiger partial charge on any atom is 0.0366 e. The Bertz CT molecular complexity index is 297. The van der Waals surface area contributed by atoms with Crippen LogP contribution in [0.1, 0.15) is 40.0 Å². The van der Waals surface area contributed by atoms with Crippen LogP contribution in [0.15, 0.2) is 30.3 Å². The van der Waals surface area contributed by atoms with E-state index in [1.807, 2.05) is 0 Å². The van der Waals surface area contributed by atoms with E-state index in [1.54, 1.807) is 0 Å². The molecule has 0 radical (unpaired) electrons. The lowest BCUT2D eigenvalue weighted by Crippen LogP contribution is -2.41. The molecule has 1 N–H and O–H groups in total. The monoisotopic (exact) mass is 248 g/mol. The summed E-state index contributed by atoms with van der Waals surface area (Å²) in [7, 11) is 0. The molecule has 1 aromatic carbocycles. The molecule has 0 heterocycles. The van der Waals surface area contributed by atoms with Gasteiger partial charge in [-0.1, -0.05) is 38.5 Å². The van der Waals surface area contributed by atoms with Crippen molar-refractivity contribution in [2.45, 2.75) is 46.1 Å². The van der Waals surface area contributed by atoms with Gasteiger partial charge in [-0.2, -0.15) is 0 Å². The predicted molar refractivity (Wildman–Crippen MR) is 81.3 cm³/mol. The third-order valence-electron chi connectivity index (χ3n) is 3.26. The molecule has 0 spiro atoms. The first-order chi connectivity index (χ1) is 8.81. The minimum atomic E-state index is 0.607. The van der Waals surface area contributed by atoms with Gasteiger partial charge in [-0.3, -0.25) is 0 Å². The minimum Gasteiger partial charge on any atom is -0.370 e. The number of nitrogens with zero attached hydrogens (tertiary/aromatic N) is 1. The number of hydrogen-bond acceptors (Lipinski definition) is 2. The molecular weight excluding hydrogens is 220 g/mol. The zero-order chi connectivity index (χ0) is 13.2. The van der Waals surface area contributed by atoms with Gasteiger partial charge >= 0.3 is 0 Å². The van der Waals surface area contributed by atoms with E-state index in [2.05, 4.69) is 61.3 Å². The topological polar surface area (TPSA) is 15.3 Å². The molecule has 0 bridgehead atoms. The maximum atomic E-state index is 3.66. The Hall–Kier alpha value is -1.02. The van der Waals surface area contributed by atoms with Crippen LogP contribution in [-0.4, -0.2) is 25.7 Å². The normalized spacial score (nSPS) is 12.4. The molecule has 0 aromatic heterocycles. The largest absolute Gasteiger partial charge is 0.370 e. The highest BCUT2D eigenvalue weighted by Crippen LogP contribution is 2.14. The van der Waals surface area contributed by atoms with Crippen LogP contribution in [0.4, 0.5) is 5.69 Å². The van der Waals surface area contributed by atoms with Gasteiger partial charge in [0, 0.05) is 24.8 Å². The average Bonchev–Trinajstić information content (AvgIpc) is 2.43. The minimum absolute atomic E-state index is 0.607. The summed E-state index contributed by atoms with van der Waals surface area (Å²) in [6, 6.07) is 11.3. The average molecular weight is 248 g/mol. The van der Waals surface area contributed by atoms with E-state index in [-0.39, 0.29) is 0 Å². The summed E-state index contributed by atoms with van der Waals surface area (Å²) < 4.78 is 0. The van der Waals surface area contributed by atoms with Crippen molar-refractivity contribution in [3.05, 3.63) is 30.3 Å². The Labute approximate surface area is 112 Å². The van der Waals surface area contributed by atoms with Crippen LogP contribution in [0.25, 0.3) is 0 Å². The molecule has 0 aliphatic heterocycles. The summed E-state index contributed by atoms with van der Waals surface area (Å²) in [6.07, 6.45) is 3.70. The molecule has 18 heavy (non-hydrogen) atoms. The molecule has 0 saturated heterocycles. The number of benzene rings is 1. The van der Waals surface area contributed by atoms with Crippen LogP contribution < -0.4 is 10.2 Å². The highest BCUT2D eigenvalue weighted by Gasteiger charge is 2.11. The summed E-state index contributed by atoms with van der Waals surface area (Å²) in [5.74, 6) is 0. The van der Waals surface area contributed by atoms with E-state index in [4.69, 9.17) is 0 Å². The lowest BCUT2D eigenvalue weighted by molar-refractivity contribution is 0.470. The molecule has 1 unspecified atom stereocenters. The standard InChI is InChI=1S/C16H28N2/c1-4-10-15(17-13-5-2)14-18(6-3)16-11-8-7-9-12-16/h7-9,11-12,15,17H,4-6,10,13-14H2,1-3H3. The molecule has 0 aliphatic carbocycles. The van der Waals surface area contributed by atoms with Gasteiger partial charge in [0.1, 0.15) is 0 Å². The van der Waals surface area contributed by atoms with Gasteiger partial charge in [-0.15, -0.1) is 0 Å². The highest BCUT2D eigenvalue weighted by molar-refractivity contribution is 5.45. The second-order valence-electron chi connectivity index (χ2n) is 4.81. The first-order valence-corrected chi connectivity index (χ1v) is 7.35. The van der Waals surface area contributed by atoms with Gasteiger partial charge in [0.2, 0.25) is 0 Å². The summed E-state index contributed by atoms with van der Waals surface area (Å²) in [5, 5.41) is 3.66. The van der Waals surface area contributed by atoms with Crippen molar-refractivity contribution in [1.29, 1.82) is 0 Å². The molecule has 0 aliphatic rings. The van der Waals surface area contributed by atoms with Gasteiger partial charge in [-0.25, -0.2) is 0 Å². The molecule has 2 heteroatoms. The van der Waals surface area contributed by atoms with Gasteiger partial charge in [0.05, 0.1) is 0 Å². The smallest absolute Gasteiger partial charge is 0.0366 e. The molecule has 0 amide bonds. The molecule has 102 valence electrons. The SMILES string of the molecule is CCCNC(CCC)CN(CC)c1ccccc1. The quantitative estimate of drug-likeness (QED) is 0.717. The number of anilines is 1. The first kappa shape index (κ1) is 15.0. The van der Waals surface area contributed by atoms with Crippen LogP contribution in [-0.2, 0) is 0 Å². The van der Waals surface area contributed by atoms with E-state index < -0.39 is 0 Å². The van der Waals surface area contributed by atoms with Crippen LogP contribution in [0.3, 0.4) is 0 Å². The van der Waals surface area contributed by atoms with Gasteiger partial charge in [0.25, 0.3) is 0 Å². The Morgan fingerprint density at radius 3 is 2.33 bits per heavy atom. The van der Waals surface area contributed by atoms with Crippen molar-refractivity contribution >= 4 is 5.69 Å². The van der Waals surface area contributed by atoms with Gasteiger partial charge in [0.15, 0.2) is 0 Å². The lowest BCUT2D eigenvalue weighted by atomic mass is 10.1. The fourth-order valence-electron chi connectivity index (χ4n) is 2.28. The zero-order valence-electron chi connectivity index (χ0n) is 12.2. The molecule has 1 aromatic rings. The Balaban J connectivity index is 2.58. The van der Waals surface area contributed by atoms with Crippen molar-refractivity contribution in [3.8, 4) is 0 Å².